The SMILES string of the molecule is CC(C)C[C@H](NC(=O)[C@@H](Cc1ccccc1)NC(=O)[C@H](Cc1ccc(O)cc1)NC(=O)[C@@H](Cc1c[nH]c2ccccc12)NC(=O)[C@H](Cc1ccc(Cl)cc1)NC(=O)[C@H](N)Cc1ccccc1)C(=O)N[C@@H](CCCNC(=N)N)C(=O)N1CCC[C@H]1C(=O)NCC(N)=O. The van der Waals surface area contributed by atoms with E-state index in [2.05, 4.69) is 47.5 Å². The van der Waals surface area contributed by atoms with Gasteiger partial charge in [-0.2, -0.15) is 0 Å². The number of halogens is 1. The number of para-hydroxylation sites is 1. The number of hydrogen-bond acceptors (Lipinski definition) is 12. The van der Waals surface area contributed by atoms with Crippen molar-refractivity contribution in [2.75, 3.05) is 19.6 Å². The van der Waals surface area contributed by atoms with Crippen LogP contribution in [0.1, 0.15) is 73.8 Å². The summed E-state index contributed by atoms with van der Waals surface area (Å²) in [6, 6.07) is 27.7. The summed E-state index contributed by atoms with van der Waals surface area (Å²) in [6.45, 7) is 3.54. The third kappa shape index (κ3) is 21.2. The number of fused-ring (bicyclic) bond motifs is 1. The Kier molecular flexibility index (Phi) is 25.4. The number of phenolic OH excluding ortho intramolecular Hbond substituents is 1. The molecule has 25 heteroatoms. The van der Waals surface area contributed by atoms with E-state index in [1.54, 1.807) is 72.9 Å². The van der Waals surface area contributed by atoms with E-state index in [0.717, 1.165) is 16.5 Å². The molecule has 1 aliphatic rings. The summed E-state index contributed by atoms with van der Waals surface area (Å²) in [5.74, 6) is -7.13. The number of hydrogen-bond donors (Lipinski definition) is 14. The zero-order chi connectivity index (χ0) is 65.6. The molecule has 0 bridgehead atoms. The fourth-order valence-corrected chi connectivity index (χ4v) is 10.9. The molecule has 0 saturated carbocycles. The number of aromatic amines is 1. The quantitative estimate of drug-likeness (QED) is 0.0164. The molecule has 0 spiro atoms. The second kappa shape index (κ2) is 33.7. The van der Waals surface area contributed by atoms with Crippen LogP contribution < -0.4 is 59.7 Å². The lowest BCUT2D eigenvalue weighted by atomic mass is 9.99. The number of benzene rings is 5. The van der Waals surface area contributed by atoms with Crippen LogP contribution in [0.15, 0.2) is 140 Å². The highest BCUT2D eigenvalue weighted by Crippen LogP contribution is 2.23. The Balaban J connectivity index is 1.18. The van der Waals surface area contributed by atoms with Crippen LogP contribution in [0.25, 0.3) is 10.9 Å². The van der Waals surface area contributed by atoms with Crippen molar-refractivity contribution in [2.45, 2.75) is 126 Å². The Morgan fingerprint density at radius 3 is 1.62 bits per heavy atom. The first-order valence-corrected chi connectivity index (χ1v) is 30.7. The van der Waals surface area contributed by atoms with Crippen molar-refractivity contribution in [2.24, 2.45) is 23.1 Å². The van der Waals surface area contributed by atoms with Crippen molar-refractivity contribution in [1.82, 2.24) is 52.4 Å². The van der Waals surface area contributed by atoms with Crippen LogP contribution in [0.4, 0.5) is 0 Å². The number of phenols is 1. The van der Waals surface area contributed by atoms with Gasteiger partial charge in [0.15, 0.2) is 5.96 Å². The molecule has 9 amide bonds. The van der Waals surface area contributed by atoms with E-state index in [0.29, 0.717) is 33.7 Å². The van der Waals surface area contributed by atoms with Crippen LogP contribution in [-0.2, 0) is 75.3 Å². The predicted molar refractivity (Wildman–Crippen MR) is 344 cm³/mol. The number of carbonyl (C=O) groups is 9. The molecule has 5 aromatic carbocycles. The molecule has 17 N–H and O–H groups in total. The molecule has 7 rings (SSSR count). The Hall–Kier alpha value is -9.81. The second-order valence-electron chi connectivity index (χ2n) is 23.1. The fraction of sp³-hybridized carbons (Fsp3) is 0.364. The lowest BCUT2D eigenvalue weighted by Gasteiger charge is -2.31. The molecule has 1 fully saturated rings. The van der Waals surface area contributed by atoms with E-state index >= 15 is 9.59 Å². The molecule has 0 unspecified atom stereocenters. The molecular formula is C66H81ClN14O10. The fourth-order valence-electron chi connectivity index (χ4n) is 10.8. The number of nitrogens with one attached hydrogen (secondary N) is 10. The zero-order valence-electron chi connectivity index (χ0n) is 50.8. The minimum atomic E-state index is -1.47. The van der Waals surface area contributed by atoms with Gasteiger partial charge in [0.25, 0.3) is 0 Å². The molecule has 6 aromatic rings. The number of likely N-dealkylation sites (tertiary alicyclic amines) is 1. The van der Waals surface area contributed by atoms with Crippen molar-refractivity contribution < 1.29 is 48.3 Å². The predicted octanol–water partition coefficient (Wildman–Crippen LogP) is 2.18. The number of primary amides is 1. The van der Waals surface area contributed by atoms with Crippen molar-refractivity contribution in [1.29, 1.82) is 5.41 Å². The number of nitrogens with two attached hydrogens (primary N) is 3. The minimum Gasteiger partial charge on any atom is -0.508 e. The van der Waals surface area contributed by atoms with Crippen LogP contribution in [0, 0.1) is 11.3 Å². The Morgan fingerprint density at radius 2 is 1.07 bits per heavy atom. The lowest BCUT2D eigenvalue weighted by Crippen LogP contribution is -2.61. The van der Waals surface area contributed by atoms with Gasteiger partial charge in [-0.1, -0.05) is 129 Å². The van der Waals surface area contributed by atoms with E-state index in [-0.39, 0.29) is 88.5 Å². The maximum Gasteiger partial charge on any atom is 0.245 e. The van der Waals surface area contributed by atoms with E-state index in [1.807, 2.05) is 68.4 Å². The number of aromatic hydroxyl groups is 1. The summed E-state index contributed by atoms with van der Waals surface area (Å²) >= 11 is 6.24. The van der Waals surface area contributed by atoms with Gasteiger partial charge in [-0.15, -0.1) is 0 Å². The number of amides is 9. The maximum absolute atomic E-state index is 15.2. The topological polar surface area (TPSA) is 391 Å². The third-order valence-electron chi connectivity index (χ3n) is 15.5. The van der Waals surface area contributed by atoms with E-state index in [1.165, 1.54) is 17.0 Å². The Morgan fingerprint density at radius 1 is 0.593 bits per heavy atom. The molecule has 24 nitrogen and oxygen atoms in total. The average molecular weight is 1270 g/mol. The summed E-state index contributed by atoms with van der Waals surface area (Å²) in [5, 5.41) is 41.3. The van der Waals surface area contributed by atoms with Crippen molar-refractivity contribution in [3.8, 4) is 5.75 Å². The van der Waals surface area contributed by atoms with E-state index in [4.69, 9.17) is 34.2 Å². The van der Waals surface area contributed by atoms with Crippen LogP contribution in [0.3, 0.4) is 0 Å². The largest absolute Gasteiger partial charge is 0.508 e. The van der Waals surface area contributed by atoms with Gasteiger partial charge < -0.3 is 74.7 Å². The Bertz CT molecular complexity index is 3480. The number of rotatable bonds is 32. The van der Waals surface area contributed by atoms with Crippen molar-refractivity contribution in [3.63, 3.8) is 0 Å². The first kappa shape index (κ1) is 68.7. The first-order chi connectivity index (χ1) is 43.6. The Labute approximate surface area is 532 Å². The number of aromatic nitrogens is 1. The van der Waals surface area contributed by atoms with Gasteiger partial charge in [0.2, 0.25) is 53.2 Å². The monoisotopic (exact) mass is 1260 g/mol. The number of carbonyl (C=O) groups excluding carboxylic acids is 9. The average Bonchev–Trinajstić information content (AvgIpc) is 2.00. The number of H-pyrrole nitrogens is 1. The van der Waals surface area contributed by atoms with Gasteiger partial charge in [0.05, 0.1) is 12.6 Å². The molecule has 1 aromatic heterocycles. The minimum absolute atomic E-state index is 0.0247. The van der Waals surface area contributed by atoms with E-state index in [9.17, 15) is 38.7 Å². The molecule has 8 atom stereocenters. The van der Waals surface area contributed by atoms with Gasteiger partial charge in [-0.3, -0.25) is 48.6 Å². The molecule has 1 saturated heterocycles. The van der Waals surface area contributed by atoms with Crippen LogP contribution >= 0.6 is 11.6 Å². The molecule has 2 heterocycles. The summed E-state index contributed by atoms with van der Waals surface area (Å²) in [5.41, 5.74) is 21.1. The second-order valence-corrected chi connectivity index (χ2v) is 23.5. The molecule has 0 aliphatic carbocycles. The van der Waals surface area contributed by atoms with Crippen LogP contribution in [0.2, 0.25) is 5.02 Å². The molecule has 1 aliphatic heterocycles. The lowest BCUT2D eigenvalue weighted by molar-refractivity contribution is -0.142. The number of nitrogens with zero attached hydrogens (tertiary/aromatic N) is 1. The molecular weight excluding hydrogens is 1180 g/mol. The van der Waals surface area contributed by atoms with Gasteiger partial charge in [0, 0.05) is 60.9 Å². The van der Waals surface area contributed by atoms with Crippen molar-refractivity contribution >= 4 is 81.6 Å². The van der Waals surface area contributed by atoms with Gasteiger partial charge >= 0.3 is 0 Å². The van der Waals surface area contributed by atoms with Gasteiger partial charge in [-0.25, -0.2) is 0 Å². The zero-order valence-corrected chi connectivity index (χ0v) is 51.6. The third-order valence-corrected chi connectivity index (χ3v) is 15.7. The normalized spacial score (nSPS) is 15.1. The first-order valence-electron chi connectivity index (χ1n) is 30.3. The smallest absolute Gasteiger partial charge is 0.245 e. The highest BCUT2D eigenvalue weighted by atomic mass is 35.5. The van der Waals surface area contributed by atoms with E-state index < -0.39 is 108 Å². The summed E-state index contributed by atoms with van der Waals surface area (Å²) in [6.07, 6.45) is 2.47. The molecule has 0 radical (unpaired) electrons. The maximum atomic E-state index is 15.2. The summed E-state index contributed by atoms with van der Waals surface area (Å²) in [7, 11) is 0. The van der Waals surface area contributed by atoms with Crippen LogP contribution in [0.5, 0.6) is 5.75 Å². The summed E-state index contributed by atoms with van der Waals surface area (Å²) < 4.78 is 0. The van der Waals surface area contributed by atoms with Gasteiger partial charge in [-0.05, 0) is 103 Å². The van der Waals surface area contributed by atoms with Crippen molar-refractivity contribution in [3.05, 3.63) is 172 Å². The number of guanidine groups is 1. The summed E-state index contributed by atoms with van der Waals surface area (Å²) in [4.78, 5) is 133. The van der Waals surface area contributed by atoms with Gasteiger partial charge in [0.1, 0.15) is 48.0 Å². The van der Waals surface area contributed by atoms with Crippen LogP contribution in [-0.4, -0.2) is 142 Å². The molecule has 482 valence electrons. The highest BCUT2D eigenvalue weighted by Gasteiger charge is 2.40. The highest BCUT2D eigenvalue weighted by molar-refractivity contribution is 6.30. The molecule has 91 heavy (non-hydrogen) atoms. The standard InChI is InChI=1S/C66H81ClN14O10/c1-39(2)31-51(59(85)75-50(19-11-29-72-66(70)71)65(91)81-30-12-20-56(81)64(90)74-38-57(69)83)77-61(87)53(33-41-15-7-4-8-16-41)78-62(88)54(35-43-23-27-46(82)28-24-43)79-63(89)55(36-44-37-73-49-18-10-9-17-47(44)49)80-60(86)52(34-42-21-25-45(67)26-22-42)76-58(84)48(68)32-40-13-5-3-6-14-40/h3-10,13-18,21-28,37,39,48,50-56,73,82H,11-12,19-20,29-36,38,68H2,1-2H3,(H2,69,83)(H,74,90)(H,75,85)(H,76,84)(H,77,87)(H,78,88)(H,79,89)(H,80,86)(H4,70,71,72)/t48-,50+,51+,52+,53-,54+,55-,56+/m1/s1.